The van der Waals surface area contributed by atoms with Gasteiger partial charge in [0, 0.05) is 21.8 Å². The van der Waals surface area contributed by atoms with Gasteiger partial charge >= 0.3 is 0 Å². The topological polar surface area (TPSA) is 47.6 Å². The van der Waals surface area contributed by atoms with Crippen molar-refractivity contribution in [3.63, 3.8) is 0 Å². The Kier molecular flexibility index (Phi) is 7.36. The number of methoxy groups -OCH3 is 1. The standard InChI is InChI=1S/C25H26ClNO3/c1-4-17-8-6-9-18(5-2)24(17)27-25(28)19-12-13-23(29-3)20(14-19)16-30-22-11-7-10-21(26)15-22/h6-15H,4-5,16H2,1-3H3,(H,27,28). The van der Waals surface area contributed by atoms with Gasteiger partial charge in [-0.2, -0.15) is 0 Å². The summed E-state index contributed by atoms with van der Waals surface area (Å²) >= 11 is 6.02. The maximum atomic E-state index is 13.0. The first-order valence-corrected chi connectivity index (χ1v) is 10.4. The fraction of sp³-hybridized carbons (Fsp3) is 0.240. The lowest BCUT2D eigenvalue weighted by atomic mass is 10.0. The van der Waals surface area contributed by atoms with Gasteiger partial charge in [0.25, 0.3) is 5.91 Å². The minimum atomic E-state index is -0.155. The van der Waals surface area contributed by atoms with Crippen molar-refractivity contribution in [2.75, 3.05) is 12.4 Å². The van der Waals surface area contributed by atoms with Crippen molar-refractivity contribution < 1.29 is 14.3 Å². The maximum absolute atomic E-state index is 13.0. The number of benzene rings is 3. The van der Waals surface area contributed by atoms with Gasteiger partial charge in [0.1, 0.15) is 18.1 Å². The number of para-hydroxylation sites is 1. The summed E-state index contributed by atoms with van der Waals surface area (Å²) in [6, 6.07) is 18.7. The van der Waals surface area contributed by atoms with Crippen LogP contribution < -0.4 is 14.8 Å². The summed E-state index contributed by atoms with van der Waals surface area (Å²) in [7, 11) is 1.60. The van der Waals surface area contributed by atoms with Crippen molar-refractivity contribution in [1.82, 2.24) is 0 Å². The molecule has 0 aliphatic carbocycles. The first kappa shape index (κ1) is 21.7. The second kappa shape index (κ2) is 10.2. The van der Waals surface area contributed by atoms with Gasteiger partial charge in [-0.25, -0.2) is 0 Å². The third-order valence-electron chi connectivity index (χ3n) is 4.97. The summed E-state index contributed by atoms with van der Waals surface area (Å²) in [6.07, 6.45) is 1.70. The zero-order valence-electron chi connectivity index (χ0n) is 17.5. The lowest BCUT2D eigenvalue weighted by molar-refractivity contribution is 0.102. The normalized spacial score (nSPS) is 10.5. The highest BCUT2D eigenvalue weighted by molar-refractivity contribution is 6.30. The van der Waals surface area contributed by atoms with Crippen molar-refractivity contribution in [2.24, 2.45) is 0 Å². The molecule has 0 bridgehead atoms. The molecule has 5 heteroatoms. The van der Waals surface area contributed by atoms with E-state index in [0.29, 0.717) is 22.1 Å². The number of amides is 1. The number of aryl methyl sites for hydroxylation is 2. The molecule has 0 unspecified atom stereocenters. The van der Waals surface area contributed by atoms with Crippen LogP contribution >= 0.6 is 11.6 Å². The molecule has 0 atom stereocenters. The molecule has 30 heavy (non-hydrogen) atoms. The predicted octanol–water partition coefficient (Wildman–Crippen LogP) is 6.30. The first-order valence-electron chi connectivity index (χ1n) is 10.0. The predicted molar refractivity (Wildman–Crippen MR) is 122 cm³/mol. The Hall–Kier alpha value is -2.98. The fourth-order valence-electron chi connectivity index (χ4n) is 3.34. The zero-order chi connectivity index (χ0) is 21.5. The summed E-state index contributed by atoms with van der Waals surface area (Å²) in [5.41, 5.74) is 4.49. The molecule has 0 spiro atoms. The molecule has 0 fully saturated rings. The molecule has 4 nitrogen and oxygen atoms in total. The Morgan fingerprint density at radius 3 is 2.27 bits per heavy atom. The molecule has 0 aromatic heterocycles. The molecule has 0 saturated carbocycles. The van der Waals surface area contributed by atoms with Gasteiger partial charge in [0.15, 0.2) is 0 Å². The quantitative estimate of drug-likeness (QED) is 0.462. The number of ether oxygens (including phenoxy) is 2. The number of anilines is 1. The Morgan fingerprint density at radius 1 is 0.933 bits per heavy atom. The number of halogens is 1. The highest BCUT2D eigenvalue weighted by Gasteiger charge is 2.14. The van der Waals surface area contributed by atoms with E-state index in [-0.39, 0.29) is 12.5 Å². The summed E-state index contributed by atoms with van der Waals surface area (Å²) in [5, 5.41) is 3.71. The van der Waals surface area contributed by atoms with E-state index in [2.05, 4.69) is 19.2 Å². The van der Waals surface area contributed by atoms with Crippen LogP contribution in [0, 0.1) is 0 Å². The number of carbonyl (C=O) groups is 1. The SMILES string of the molecule is CCc1cccc(CC)c1NC(=O)c1ccc(OC)c(COc2cccc(Cl)c2)c1. The smallest absolute Gasteiger partial charge is 0.255 e. The first-order chi connectivity index (χ1) is 14.5. The Labute approximate surface area is 182 Å². The van der Waals surface area contributed by atoms with Crippen LogP contribution in [0.5, 0.6) is 11.5 Å². The van der Waals surface area contributed by atoms with Gasteiger partial charge in [-0.05, 0) is 60.4 Å². The largest absolute Gasteiger partial charge is 0.496 e. The highest BCUT2D eigenvalue weighted by atomic mass is 35.5. The molecule has 0 radical (unpaired) electrons. The van der Waals surface area contributed by atoms with E-state index in [1.165, 1.54) is 0 Å². The van der Waals surface area contributed by atoms with Crippen LogP contribution in [0.3, 0.4) is 0 Å². The fourth-order valence-corrected chi connectivity index (χ4v) is 3.52. The van der Waals surface area contributed by atoms with E-state index in [4.69, 9.17) is 21.1 Å². The maximum Gasteiger partial charge on any atom is 0.255 e. The van der Waals surface area contributed by atoms with Gasteiger partial charge in [-0.1, -0.05) is 49.7 Å². The van der Waals surface area contributed by atoms with Crippen molar-refractivity contribution in [3.8, 4) is 11.5 Å². The van der Waals surface area contributed by atoms with Crippen LogP contribution in [-0.2, 0) is 19.4 Å². The molecule has 1 amide bonds. The summed E-state index contributed by atoms with van der Waals surface area (Å²) in [4.78, 5) is 13.0. The second-order valence-electron chi connectivity index (χ2n) is 6.89. The van der Waals surface area contributed by atoms with E-state index in [1.54, 1.807) is 37.4 Å². The minimum absolute atomic E-state index is 0.155. The monoisotopic (exact) mass is 423 g/mol. The Bertz CT molecular complexity index is 1010. The Morgan fingerprint density at radius 2 is 1.63 bits per heavy atom. The molecule has 1 N–H and O–H groups in total. The molecule has 3 aromatic carbocycles. The molecular formula is C25H26ClNO3. The molecule has 3 rings (SSSR count). The average Bonchev–Trinajstić information content (AvgIpc) is 2.77. The molecule has 156 valence electrons. The van der Waals surface area contributed by atoms with Gasteiger partial charge in [-0.3, -0.25) is 4.79 Å². The number of hydrogen-bond donors (Lipinski definition) is 1. The average molecular weight is 424 g/mol. The van der Waals surface area contributed by atoms with Crippen LogP contribution in [0.4, 0.5) is 5.69 Å². The van der Waals surface area contributed by atoms with Crippen molar-refractivity contribution in [3.05, 3.63) is 87.9 Å². The molecule has 0 saturated heterocycles. The lowest BCUT2D eigenvalue weighted by Gasteiger charge is -2.16. The van der Waals surface area contributed by atoms with E-state index in [1.807, 2.05) is 30.3 Å². The molecule has 0 aliphatic rings. The third-order valence-corrected chi connectivity index (χ3v) is 5.21. The Balaban J connectivity index is 1.83. The molecule has 3 aromatic rings. The van der Waals surface area contributed by atoms with E-state index < -0.39 is 0 Å². The minimum Gasteiger partial charge on any atom is -0.496 e. The van der Waals surface area contributed by atoms with Crippen LogP contribution in [0.2, 0.25) is 5.02 Å². The molecule has 0 heterocycles. The van der Waals surface area contributed by atoms with Crippen molar-refractivity contribution >= 4 is 23.2 Å². The zero-order valence-corrected chi connectivity index (χ0v) is 18.3. The van der Waals surface area contributed by atoms with Crippen LogP contribution in [-0.4, -0.2) is 13.0 Å². The van der Waals surface area contributed by atoms with Gasteiger partial charge in [0.05, 0.1) is 7.11 Å². The second-order valence-corrected chi connectivity index (χ2v) is 7.32. The van der Waals surface area contributed by atoms with Crippen LogP contribution in [0.25, 0.3) is 0 Å². The molecular weight excluding hydrogens is 398 g/mol. The van der Waals surface area contributed by atoms with Crippen molar-refractivity contribution in [1.29, 1.82) is 0 Å². The third kappa shape index (κ3) is 5.14. The van der Waals surface area contributed by atoms with Gasteiger partial charge < -0.3 is 14.8 Å². The summed E-state index contributed by atoms with van der Waals surface area (Å²) < 4.78 is 11.3. The summed E-state index contributed by atoms with van der Waals surface area (Å²) in [5.74, 6) is 1.16. The lowest BCUT2D eigenvalue weighted by Crippen LogP contribution is -2.15. The summed E-state index contributed by atoms with van der Waals surface area (Å²) in [6.45, 7) is 4.43. The molecule has 0 aliphatic heterocycles. The van der Waals surface area contributed by atoms with E-state index >= 15 is 0 Å². The van der Waals surface area contributed by atoms with Crippen LogP contribution in [0.15, 0.2) is 60.7 Å². The number of carbonyl (C=O) groups excluding carboxylic acids is 1. The van der Waals surface area contributed by atoms with Crippen molar-refractivity contribution in [2.45, 2.75) is 33.3 Å². The van der Waals surface area contributed by atoms with E-state index in [9.17, 15) is 4.79 Å². The van der Waals surface area contributed by atoms with Gasteiger partial charge in [-0.15, -0.1) is 0 Å². The highest BCUT2D eigenvalue weighted by Crippen LogP contribution is 2.26. The number of nitrogens with one attached hydrogen (secondary N) is 1. The number of rotatable bonds is 8. The van der Waals surface area contributed by atoms with Gasteiger partial charge in [0.2, 0.25) is 0 Å². The van der Waals surface area contributed by atoms with Crippen LogP contribution in [0.1, 0.15) is 40.9 Å². The number of hydrogen-bond acceptors (Lipinski definition) is 3. The van der Waals surface area contributed by atoms with E-state index in [0.717, 1.165) is 35.2 Å².